The Morgan fingerprint density at radius 3 is 2.89 bits per heavy atom. The quantitative estimate of drug-likeness (QED) is 0.400. The molecule has 1 N–H and O–H groups in total. The van der Waals surface area contributed by atoms with Gasteiger partial charge in [0.15, 0.2) is 5.65 Å². The molecule has 0 bridgehead atoms. The van der Waals surface area contributed by atoms with Gasteiger partial charge in [0.1, 0.15) is 11.6 Å². The van der Waals surface area contributed by atoms with Crippen LogP contribution in [0.3, 0.4) is 0 Å². The molecular weight excluding hydrogens is 455 g/mol. The largest absolute Gasteiger partial charge is 0.315 e. The van der Waals surface area contributed by atoms with Gasteiger partial charge in [-0.15, -0.1) is 0 Å². The Hall–Kier alpha value is -4.17. The monoisotopic (exact) mass is 480 g/mol. The number of fused-ring (bicyclic) bond motifs is 2. The normalized spacial score (nSPS) is 15.9. The molecule has 1 saturated heterocycles. The first-order valence-electron chi connectivity index (χ1n) is 12.1. The fraction of sp³-hybridized carbons (Fsp3) is 0.214. The lowest BCUT2D eigenvalue weighted by atomic mass is 10.00. The standard InChI is InChI=1S/C28H25FN6O/c1-18-5-2-6-19-10-13-32-27(25(18)19)35(21-7-3-11-30-16-21)28(36)22-9-8-20(15-24(22)29)23-17-33-34-14-4-12-31-26(23)34/h2,4-6,8-10,12-15,17,21,30H,3,7,11,16H2,1H3/t21-/m1/s1. The summed E-state index contributed by atoms with van der Waals surface area (Å²) in [6.45, 7) is 3.54. The Bertz CT molecular complexity index is 1580. The summed E-state index contributed by atoms with van der Waals surface area (Å²) in [4.78, 5) is 24.7. The van der Waals surface area contributed by atoms with Gasteiger partial charge >= 0.3 is 0 Å². The first-order chi connectivity index (χ1) is 17.6. The van der Waals surface area contributed by atoms with Crippen molar-refractivity contribution < 1.29 is 9.18 Å². The maximum absolute atomic E-state index is 15.6. The topological polar surface area (TPSA) is 75.4 Å². The van der Waals surface area contributed by atoms with Crippen LogP contribution in [0.1, 0.15) is 28.8 Å². The second-order valence-corrected chi connectivity index (χ2v) is 9.12. The van der Waals surface area contributed by atoms with Crippen molar-refractivity contribution in [1.29, 1.82) is 0 Å². The van der Waals surface area contributed by atoms with E-state index in [1.165, 1.54) is 6.07 Å². The second-order valence-electron chi connectivity index (χ2n) is 9.12. The number of pyridine rings is 1. The molecule has 0 aliphatic carbocycles. The van der Waals surface area contributed by atoms with E-state index in [1.807, 2.05) is 31.2 Å². The average Bonchev–Trinajstić information content (AvgIpc) is 3.34. The van der Waals surface area contributed by atoms with Crippen LogP contribution in [0, 0.1) is 12.7 Å². The van der Waals surface area contributed by atoms with Crippen LogP contribution in [0.4, 0.5) is 10.2 Å². The van der Waals surface area contributed by atoms with E-state index in [9.17, 15) is 4.79 Å². The molecule has 0 radical (unpaired) electrons. The predicted molar refractivity (Wildman–Crippen MR) is 138 cm³/mol. The number of halogens is 1. The summed E-state index contributed by atoms with van der Waals surface area (Å²) in [5, 5.41) is 9.58. The highest BCUT2D eigenvalue weighted by atomic mass is 19.1. The van der Waals surface area contributed by atoms with Gasteiger partial charge in [0.2, 0.25) is 0 Å². The lowest BCUT2D eigenvalue weighted by molar-refractivity contribution is 0.0968. The summed E-state index contributed by atoms with van der Waals surface area (Å²) < 4.78 is 17.2. The first-order valence-corrected chi connectivity index (χ1v) is 12.1. The minimum atomic E-state index is -0.585. The second kappa shape index (κ2) is 9.13. The van der Waals surface area contributed by atoms with Gasteiger partial charge in [-0.2, -0.15) is 5.10 Å². The molecule has 4 heterocycles. The third-order valence-corrected chi connectivity index (χ3v) is 6.85. The van der Waals surface area contributed by atoms with Gasteiger partial charge in [-0.1, -0.05) is 24.3 Å². The lowest BCUT2D eigenvalue weighted by Crippen LogP contribution is -2.49. The molecule has 1 atom stereocenters. The van der Waals surface area contributed by atoms with Gasteiger partial charge in [0.25, 0.3) is 5.91 Å². The maximum Gasteiger partial charge on any atom is 0.262 e. The van der Waals surface area contributed by atoms with E-state index in [4.69, 9.17) is 0 Å². The van der Waals surface area contributed by atoms with Crippen molar-refractivity contribution >= 4 is 28.1 Å². The van der Waals surface area contributed by atoms with Gasteiger partial charge < -0.3 is 5.32 Å². The molecule has 2 aromatic carbocycles. The lowest BCUT2D eigenvalue weighted by Gasteiger charge is -2.35. The molecule has 3 aromatic heterocycles. The Morgan fingerprint density at radius 2 is 2.06 bits per heavy atom. The Balaban J connectivity index is 1.45. The van der Waals surface area contributed by atoms with Gasteiger partial charge in [0, 0.05) is 36.1 Å². The van der Waals surface area contributed by atoms with Crippen molar-refractivity contribution in [3.8, 4) is 11.1 Å². The zero-order chi connectivity index (χ0) is 24.6. The number of nitrogens with zero attached hydrogens (tertiary/aromatic N) is 5. The number of carbonyl (C=O) groups excluding carboxylic acids is 1. The number of aryl methyl sites for hydroxylation is 1. The molecule has 1 aliphatic heterocycles. The molecular formula is C28H25FN6O. The number of amides is 1. The zero-order valence-electron chi connectivity index (χ0n) is 19.9. The van der Waals surface area contributed by atoms with Crippen LogP contribution >= 0.6 is 0 Å². The number of anilines is 1. The Labute approximate surface area is 207 Å². The molecule has 0 spiro atoms. The summed E-state index contributed by atoms with van der Waals surface area (Å²) in [6.07, 6.45) is 8.57. The van der Waals surface area contributed by atoms with Crippen LogP contribution in [0.5, 0.6) is 0 Å². The van der Waals surface area contributed by atoms with Gasteiger partial charge in [-0.05, 0) is 67.1 Å². The fourth-order valence-electron chi connectivity index (χ4n) is 5.08. The molecule has 36 heavy (non-hydrogen) atoms. The minimum absolute atomic E-state index is 0.0149. The number of aromatic nitrogens is 4. The van der Waals surface area contributed by atoms with Crippen LogP contribution in [0.25, 0.3) is 27.5 Å². The van der Waals surface area contributed by atoms with Crippen molar-refractivity contribution in [2.75, 3.05) is 18.0 Å². The van der Waals surface area contributed by atoms with E-state index in [1.54, 1.807) is 52.4 Å². The SMILES string of the molecule is Cc1cccc2ccnc(N(C(=O)c3ccc(-c4cnn5cccnc45)cc3F)[C@@H]3CCCNC3)c12. The van der Waals surface area contributed by atoms with Crippen LogP contribution in [0.2, 0.25) is 0 Å². The Kier molecular flexibility index (Phi) is 5.65. The summed E-state index contributed by atoms with van der Waals surface area (Å²) in [7, 11) is 0. The van der Waals surface area contributed by atoms with E-state index >= 15 is 4.39 Å². The number of carbonyl (C=O) groups is 1. The average molecular weight is 481 g/mol. The first kappa shape index (κ1) is 22.3. The third-order valence-electron chi connectivity index (χ3n) is 6.85. The van der Waals surface area contributed by atoms with E-state index in [2.05, 4.69) is 20.4 Å². The molecule has 5 aromatic rings. The van der Waals surface area contributed by atoms with E-state index < -0.39 is 11.7 Å². The molecule has 1 aliphatic rings. The molecule has 1 amide bonds. The van der Waals surface area contributed by atoms with Crippen molar-refractivity contribution in [3.63, 3.8) is 0 Å². The number of nitrogens with one attached hydrogen (secondary N) is 1. The van der Waals surface area contributed by atoms with Gasteiger partial charge in [0.05, 0.1) is 17.8 Å². The summed E-state index contributed by atoms with van der Waals surface area (Å²) >= 11 is 0. The smallest absolute Gasteiger partial charge is 0.262 e. The van der Waals surface area contributed by atoms with Crippen molar-refractivity contribution in [3.05, 3.63) is 90.3 Å². The summed E-state index contributed by atoms with van der Waals surface area (Å²) in [5.41, 5.74) is 2.98. The molecule has 180 valence electrons. The zero-order valence-corrected chi connectivity index (χ0v) is 19.9. The highest BCUT2D eigenvalue weighted by Crippen LogP contribution is 2.32. The number of rotatable bonds is 4. The minimum Gasteiger partial charge on any atom is -0.315 e. The Morgan fingerprint density at radius 1 is 1.14 bits per heavy atom. The van der Waals surface area contributed by atoms with E-state index in [0.29, 0.717) is 29.1 Å². The highest BCUT2D eigenvalue weighted by Gasteiger charge is 2.31. The van der Waals surface area contributed by atoms with E-state index in [0.717, 1.165) is 35.7 Å². The molecule has 7 nitrogen and oxygen atoms in total. The number of hydrogen-bond acceptors (Lipinski definition) is 5. The molecule has 1 fully saturated rings. The van der Waals surface area contributed by atoms with Gasteiger partial charge in [-0.25, -0.2) is 18.9 Å². The van der Waals surface area contributed by atoms with Crippen molar-refractivity contribution in [2.24, 2.45) is 0 Å². The molecule has 0 unspecified atom stereocenters. The molecule has 8 heteroatoms. The van der Waals surface area contributed by atoms with Crippen molar-refractivity contribution in [2.45, 2.75) is 25.8 Å². The number of hydrogen-bond donors (Lipinski definition) is 1. The summed E-state index contributed by atoms with van der Waals surface area (Å²) in [5.74, 6) is -0.410. The van der Waals surface area contributed by atoms with Crippen molar-refractivity contribution in [1.82, 2.24) is 24.9 Å². The molecule has 6 rings (SSSR count). The highest BCUT2D eigenvalue weighted by molar-refractivity contribution is 6.11. The fourth-order valence-corrected chi connectivity index (χ4v) is 5.08. The summed E-state index contributed by atoms with van der Waals surface area (Å²) in [6, 6.07) is 14.3. The number of benzene rings is 2. The molecule has 0 saturated carbocycles. The van der Waals surface area contributed by atoms with Gasteiger partial charge in [-0.3, -0.25) is 9.69 Å². The van der Waals surface area contributed by atoms with Crippen LogP contribution in [0.15, 0.2) is 73.3 Å². The maximum atomic E-state index is 15.6. The van der Waals surface area contributed by atoms with E-state index in [-0.39, 0.29) is 11.6 Å². The third kappa shape index (κ3) is 3.79. The predicted octanol–water partition coefficient (Wildman–Crippen LogP) is 4.79. The van der Waals surface area contributed by atoms with Crippen LogP contribution in [-0.2, 0) is 0 Å². The van der Waals surface area contributed by atoms with Crippen LogP contribution in [-0.4, -0.2) is 44.6 Å². The number of piperidine rings is 1. The van der Waals surface area contributed by atoms with Crippen LogP contribution < -0.4 is 10.2 Å².